The number of carbonyl (C=O) groups is 1. The molecule has 2 unspecified atom stereocenters. The van der Waals surface area contributed by atoms with E-state index in [2.05, 4.69) is 5.32 Å². The van der Waals surface area contributed by atoms with Gasteiger partial charge < -0.3 is 10.4 Å². The zero-order valence-electron chi connectivity index (χ0n) is 4.72. The Kier molecular flexibility index (Phi) is 1.21. The molecule has 3 nitrogen and oxygen atoms in total. The molecule has 0 bridgehead atoms. The molecule has 1 aliphatic rings. The standard InChI is InChI=1S/C5H9NO2/c1-3-2-4(6-3)5(7)8/h3-4,6H,2H2,1H3,(H,7,8). The fraction of sp³-hybridized carbons (Fsp3) is 0.800. The van der Waals surface area contributed by atoms with E-state index in [0.29, 0.717) is 6.04 Å². The lowest BCUT2D eigenvalue weighted by molar-refractivity contribution is -0.142. The Morgan fingerprint density at radius 3 is 2.50 bits per heavy atom. The normalized spacial score (nSPS) is 36.1. The van der Waals surface area contributed by atoms with Crippen molar-refractivity contribution in [2.24, 2.45) is 0 Å². The number of hydrogen-bond acceptors (Lipinski definition) is 2. The van der Waals surface area contributed by atoms with Gasteiger partial charge in [-0.25, -0.2) is 0 Å². The highest BCUT2D eigenvalue weighted by atomic mass is 16.4. The second-order valence-corrected chi connectivity index (χ2v) is 2.19. The van der Waals surface area contributed by atoms with Gasteiger partial charge in [0.15, 0.2) is 0 Å². The largest absolute Gasteiger partial charge is 0.480 e. The molecular formula is C5H9NO2. The number of hydrogen-bond donors (Lipinski definition) is 2. The van der Waals surface area contributed by atoms with Crippen LogP contribution in [-0.4, -0.2) is 23.2 Å². The second kappa shape index (κ2) is 1.74. The summed E-state index contributed by atoms with van der Waals surface area (Å²) in [5.74, 6) is -0.733. The van der Waals surface area contributed by atoms with Crippen LogP contribution in [-0.2, 0) is 4.79 Å². The first-order valence-corrected chi connectivity index (χ1v) is 2.69. The van der Waals surface area contributed by atoms with Crippen LogP contribution in [0.5, 0.6) is 0 Å². The first-order chi connectivity index (χ1) is 3.70. The maximum Gasteiger partial charge on any atom is 0.320 e. The lowest BCUT2D eigenvalue weighted by atomic mass is 9.99. The Hall–Kier alpha value is -0.570. The van der Waals surface area contributed by atoms with E-state index in [1.54, 1.807) is 0 Å². The zero-order chi connectivity index (χ0) is 6.15. The van der Waals surface area contributed by atoms with Crippen molar-refractivity contribution in [3.8, 4) is 0 Å². The van der Waals surface area contributed by atoms with Gasteiger partial charge in [-0.15, -0.1) is 0 Å². The highest BCUT2D eigenvalue weighted by molar-refractivity contribution is 5.74. The lowest BCUT2D eigenvalue weighted by Gasteiger charge is -2.30. The summed E-state index contributed by atoms with van der Waals surface area (Å²) in [6.07, 6.45) is 0.773. The topological polar surface area (TPSA) is 49.3 Å². The van der Waals surface area contributed by atoms with E-state index in [-0.39, 0.29) is 6.04 Å². The predicted octanol–water partition coefficient (Wildman–Crippen LogP) is -0.179. The molecule has 2 N–H and O–H groups in total. The van der Waals surface area contributed by atoms with Crippen LogP contribution in [0.2, 0.25) is 0 Å². The van der Waals surface area contributed by atoms with Crippen molar-refractivity contribution in [1.82, 2.24) is 5.32 Å². The van der Waals surface area contributed by atoms with E-state index in [9.17, 15) is 4.79 Å². The number of nitrogens with one attached hydrogen (secondary N) is 1. The summed E-state index contributed by atoms with van der Waals surface area (Å²) in [5.41, 5.74) is 0. The van der Waals surface area contributed by atoms with Crippen molar-refractivity contribution in [3.63, 3.8) is 0 Å². The van der Waals surface area contributed by atoms with Crippen LogP contribution >= 0.6 is 0 Å². The second-order valence-electron chi connectivity index (χ2n) is 2.19. The van der Waals surface area contributed by atoms with Crippen LogP contribution in [0.1, 0.15) is 13.3 Å². The summed E-state index contributed by atoms with van der Waals surface area (Å²) >= 11 is 0. The molecule has 0 amide bonds. The smallest absolute Gasteiger partial charge is 0.320 e. The van der Waals surface area contributed by atoms with Gasteiger partial charge >= 0.3 is 5.97 Å². The Labute approximate surface area is 47.7 Å². The molecule has 0 aromatic heterocycles. The quantitative estimate of drug-likeness (QED) is 0.498. The molecule has 0 radical (unpaired) electrons. The van der Waals surface area contributed by atoms with Crippen LogP contribution < -0.4 is 5.32 Å². The van der Waals surface area contributed by atoms with E-state index >= 15 is 0 Å². The third-order valence-corrected chi connectivity index (χ3v) is 1.37. The highest BCUT2D eigenvalue weighted by Crippen LogP contribution is 2.09. The first-order valence-electron chi connectivity index (χ1n) is 2.69. The van der Waals surface area contributed by atoms with Gasteiger partial charge in [-0.2, -0.15) is 0 Å². The Morgan fingerprint density at radius 2 is 2.38 bits per heavy atom. The Bertz CT molecular complexity index is 107. The summed E-state index contributed by atoms with van der Waals surface area (Å²) in [4.78, 5) is 10.1. The molecular weight excluding hydrogens is 106 g/mol. The van der Waals surface area contributed by atoms with E-state index < -0.39 is 5.97 Å². The van der Waals surface area contributed by atoms with Crippen molar-refractivity contribution < 1.29 is 9.90 Å². The highest BCUT2D eigenvalue weighted by Gasteiger charge is 2.29. The minimum atomic E-state index is -0.733. The van der Waals surface area contributed by atoms with E-state index in [0.717, 1.165) is 6.42 Å². The molecule has 1 heterocycles. The fourth-order valence-corrected chi connectivity index (χ4v) is 0.845. The van der Waals surface area contributed by atoms with Gasteiger partial charge in [-0.3, -0.25) is 4.79 Å². The average Bonchev–Trinajstić information content (AvgIpc) is 1.57. The van der Waals surface area contributed by atoms with E-state index in [1.165, 1.54) is 0 Å². The Balaban J connectivity index is 2.25. The molecule has 3 heteroatoms. The van der Waals surface area contributed by atoms with Crippen LogP contribution in [0.25, 0.3) is 0 Å². The van der Waals surface area contributed by atoms with Gasteiger partial charge in [-0.1, -0.05) is 0 Å². The molecule has 0 aromatic carbocycles. The molecule has 1 rings (SSSR count). The molecule has 1 aliphatic heterocycles. The van der Waals surface area contributed by atoms with Gasteiger partial charge in [0, 0.05) is 6.04 Å². The van der Waals surface area contributed by atoms with Crippen molar-refractivity contribution in [3.05, 3.63) is 0 Å². The minimum Gasteiger partial charge on any atom is -0.480 e. The number of carboxylic acids is 1. The van der Waals surface area contributed by atoms with Crippen LogP contribution in [0.15, 0.2) is 0 Å². The van der Waals surface area contributed by atoms with Gasteiger partial charge in [0.25, 0.3) is 0 Å². The maximum absolute atomic E-state index is 10.1. The lowest BCUT2D eigenvalue weighted by Crippen LogP contribution is -2.54. The van der Waals surface area contributed by atoms with Crippen LogP contribution in [0.4, 0.5) is 0 Å². The first kappa shape index (κ1) is 5.56. The summed E-state index contributed by atoms with van der Waals surface area (Å²) < 4.78 is 0. The van der Waals surface area contributed by atoms with Crippen molar-refractivity contribution >= 4 is 5.97 Å². The predicted molar refractivity (Wildman–Crippen MR) is 28.6 cm³/mol. The number of carboxylic acid groups (broad SMARTS) is 1. The van der Waals surface area contributed by atoms with Crippen LogP contribution in [0, 0.1) is 0 Å². The molecule has 46 valence electrons. The van der Waals surface area contributed by atoms with Crippen molar-refractivity contribution in [2.75, 3.05) is 0 Å². The van der Waals surface area contributed by atoms with E-state index in [4.69, 9.17) is 5.11 Å². The van der Waals surface area contributed by atoms with Gasteiger partial charge in [0.1, 0.15) is 6.04 Å². The fourth-order valence-electron chi connectivity index (χ4n) is 0.845. The zero-order valence-corrected chi connectivity index (χ0v) is 4.72. The molecule has 8 heavy (non-hydrogen) atoms. The minimum absolute atomic E-state index is 0.273. The van der Waals surface area contributed by atoms with E-state index in [1.807, 2.05) is 6.92 Å². The molecule has 1 saturated heterocycles. The van der Waals surface area contributed by atoms with Crippen LogP contribution in [0.3, 0.4) is 0 Å². The molecule has 0 aromatic rings. The van der Waals surface area contributed by atoms with Crippen molar-refractivity contribution in [2.45, 2.75) is 25.4 Å². The third kappa shape index (κ3) is 0.816. The molecule has 1 fully saturated rings. The molecule has 0 spiro atoms. The summed E-state index contributed by atoms with van der Waals surface area (Å²) in [5, 5.41) is 11.1. The average molecular weight is 115 g/mol. The van der Waals surface area contributed by atoms with Crippen molar-refractivity contribution in [1.29, 1.82) is 0 Å². The SMILES string of the molecule is CC1CC(C(=O)O)N1. The summed E-state index contributed by atoms with van der Waals surface area (Å²) in [6, 6.07) is 0.126. The molecule has 0 aliphatic carbocycles. The van der Waals surface area contributed by atoms with Gasteiger partial charge in [0.2, 0.25) is 0 Å². The number of aliphatic carboxylic acids is 1. The maximum atomic E-state index is 10.1. The molecule has 0 saturated carbocycles. The molecule has 2 atom stereocenters. The Morgan fingerprint density at radius 1 is 1.88 bits per heavy atom. The summed E-state index contributed by atoms with van der Waals surface area (Å²) in [6.45, 7) is 1.97. The number of rotatable bonds is 1. The third-order valence-electron chi connectivity index (χ3n) is 1.37. The van der Waals surface area contributed by atoms with Gasteiger partial charge in [0.05, 0.1) is 0 Å². The van der Waals surface area contributed by atoms with Gasteiger partial charge in [-0.05, 0) is 13.3 Å². The summed E-state index contributed by atoms with van der Waals surface area (Å²) in [7, 11) is 0. The monoisotopic (exact) mass is 115 g/mol.